The number of aromatic nitrogens is 2. The minimum atomic E-state index is -0.135. The highest BCUT2D eigenvalue weighted by atomic mass is 32.1. The average molecular weight is 445 g/mol. The summed E-state index contributed by atoms with van der Waals surface area (Å²) < 4.78 is 0.627. The van der Waals surface area contributed by atoms with Gasteiger partial charge in [-0.3, -0.25) is 14.6 Å². The Kier molecular flexibility index (Phi) is 5.73. The largest absolute Gasteiger partial charge is 0.352 e. The van der Waals surface area contributed by atoms with Gasteiger partial charge >= 0.3 is 0 Å². The summed E-state index contributed by atoms with van der Waals surface area (Å²) in [6.07, 6.45) is 1.71. The summed E-state index contributed by atoms with van der Waals surface area (Å²) in [4.78, 5) is 35.4. The number of hydrogen-bond acceptors (Lipinski definition) is 5. The van der Waals surface area contributed by atoms with E-state index in [0.717, 1.165) is 41.6 Å². The summed E-state index contributed by atoms with van der Waals surface area (Å²) in [6.45, 7) is 1.83. The molecule has 0 radical (unpaired) electrons. The monoisotopic (exact) mass is 444 g/mol. The Labute approximate surface area is 189 Å². The Morgan fingerprint density at radius 3 is 2.66 bits per heavy atom. The molecule has 1 aliphatic rings. The molecule has 2 aromatic carbocycles. The van der Waals surface area contributed by atoms with E-state index >= 15 is 0 Å². The van der Waals surface area contributed by atoms with Gasteiger partial charge in [0.2, 0.25) is 11.9 Å². The molecular weight excluding hydrogens is 420 g/mol. The van der Waals surface area contributed by atoms with Crippen LogP contribution in [0.15, 0.2) is 70.8 Å². The van der Waals surface area contributed by atoms with Gasteiger partial charge in [-0.2, -0.15) is 0 Å². The maximum absolute atomic E-state index is 12.8. The van der Waals surface area contributed by atoms with Gasteiger partial charge in [0.25, 0.3) is 5.56 Å². The lowest BCUT2D eigenvalue weighted by molar-refractivity contribution is -0.125. The first kappa shape index (κ1) is 20.5. The smallest absolute Gasteiger partial charge is 0.270 e. The summed E-state index contributed by atoms with van der Waals surface area (Å²) in [5.74, 6) is 0.450. The second kappa shape index (κ2) is 8.96. The lowest BCUT2D eigenvalue weighted by Crippen LogP contribution is -2.44. The highest BCUT2D eigenvalue weighted by Gasteiger charge is 2.27. The van der Waals surface area contributed by atoms with Crippen molar-refractivity contribution in [1.82, 2.24) is 15.3 Å². The molecule has 0 aliphatic carbocycles. The number of anilines is 1. The number of nitrogens with one attached hydrogen (secondary N) is 2. The van der Waals surface area contributed by atoms with Gasteiger partial charge in [0.1, 0.15) is 4.70 Å². The molecule has 2 N–H and O–H groups in total. The van der Waals surface area contributed by atoms with Crippen LogP contribution in [0.25, 0.3) is 21.3 Å². The number of carbonyl (C=O) groups is 1. The third-order valence-electron chi connectivity index (χ3n) is 5.90. The Balaban J connectivity index is 1.36. The van der Waals surface area contributed by atoms with Crippen LogP contribution in [0.4, 0.5) is 5.95 Å². The minimum Gasteiger partial charge on any atom is -0.352 e. The van der Waals surface area contributed by atoms with E-state index in [0.29, 0.717) is 23.7 Å². The first-order valence-corrected chi connectivity index (χ1v) is 11.7. The molecule has 0 unspecified atom stereocenters. The number of rotatable bonds is 5. The molecular formula is C25H24N4O2S. The van der Waals surface area contributed by atoms with Crippen molar-refractivity contribution in [2.24, 2.45) is 5.92 Å². The quantitative estimate of drug-likeness (QED) is 0.484. The van der Waals surface area contributed by atoms with Crippen LogP contribution in [0.2, 0.25) is 0 Å². The molecule has 1 saturated heterocycles. The number of fused-ring (bicyclic) bond motifs is 1. The van der Waals surface area contributed by atoms with Gasteiger partial charge in [-0.05, 0) is 24.0 Å². The molecule has 1 atom stereocenters. The van der Waals surface area contributed by atoms with E-state index in [1.54, 1.807) is 0 Å². The topological polar surface area (TPSA) is 78.1 Å². The number of H-pyrrole nitrogens is 1. The zero-order valence-corrected chi connectivity index (χ0v) is 18.4. The van der Waals surface area contributed by atoms with E-state index in [1.165, 1.54) is 11.3 Å². The number of piperidine rings is 1. The fourth-order valence-corrected chi connectivity index (χ4v) is 5.11. The SMILES string of the molecule is O=C(NCc1ccccc1)[C@H]1CCCN(c2nc3c(-c4ccccc4)csc3c(=O)[nH]2)C1. The maximum atomic E-state index is 12.8. The molecule has 0 bridgehead atoms. The standard InChI is InChI=1S/C25H24N4O2S/c30-23(26-14-17-8-3-1-4-9-17)19-12-7-13-29(15-19)25-27-21-20(18-10-5-2-6-11-18)16-32-22(21)24(31)28-25/h1-6,8-11,16,19H,7,12-15H2,(H,26,30)(H,27,28,31)/t19-/m0/s1. The predicted octanol–water partition coefficient (Wildman–Crippen LogP) is 4.18. The normalized spacial score (nSPS) is 16.2. The lowest BCUT2D eigenvalue weighted by atomic mass is 9.97. The van der Waals surface area contributed by atoms with Crippen LogP contribution < -0.4 is 15.8 Å². The van der Waals surface area contributed by atoms with Gasteiger partial charge < -0.3 is 10.2 Å². The summed E-state index contributed by atoms with van der Waals surface area (Å²) in [5.41, 5.74) is 3.67. The molecule has 7 heteroatoms. The van der Waals surface area contributed by atoms with Crippen LogP contribution in [0, 0.1) is 5.92 Å². The molecule has 0 saturated carbocycles. The van der Waals surface area contributed by atoms with Crippen LogP contribution in [0.5, 0.6) is 0 Å². The van der Waals surface area contributed by atoms with Crippen LogP contribution in [0.3, 0.4) is 0 Å². The highest BCUT2D eigenvalue weighted by Crippen LogP contribution is 2.32. The third kappa shape index (κ3) is 4.16. The van der Waals surface area contributed by atoms with Gasteiger partial charge in [-0.25, -0.2) is 4.98 Å². The fraction of sp³-hybridized carbons (Fsp3) is 0.240. The van der Waals surface area contributed by atoms with Gasteiger partial charge in [-0.1, -0.05) is 60.7 Å². The van der Waals surface area contributed by atoms with Crippen molar-refractivity contribution in [2.75, 3.05) is 18.0 Å². The van der Waals surface area contributed by atoms with Crippen molar-refractivity contribution >= 4 is 33.4 Å². The Hall–Kier alpha value is -3.45. The number of hydrogen-bond donors (Lipinski definition) is 2. The van der Waals surface area contributed by atoms with E-state index in [4.69, 9.17) is 4.98 Å². The number of aromatic amines is 1. The van der Waals surface area contributed by atoms with E-state index in [2.05, 4.69) is 10.3 Å². The predicted molar refractivity (Wildman–Crippen MR) is 129 cm³/mol. The van der Waals surface area contributed by atoms with Gasteiger partial charge in [0.15, 0.2) is 0 Å². The van der Waals surface area contributed by atoms with E-state index < -0.39 is 0 Å². The summed E-state index contributed by atoms with van der Waals surface area (Å²) in [6, 6.07) is 19.9. The van der Waals surface area contributed by atoms with Crippen LogP contribution in [-0.4, -0.2) is 29.0 Å². The maximum Gasteiger partial charge on any atom is 0.270 e. The van der Waals surface area contributed by atoms with Crippen molar-refractivity contribution in [3.8, 4) is 11.1 Å². The highest BCUT2D eigenvalue weighted by molar-refractivity contribution is 7.17. The molecule has 1 amide bonds. The summed E-state index contributed by atoms with van der Waals surface area (Å²) >= 11 is 1.41. The molecule has 0 spiro atoms. The first-order valence-electron chi connectivity index (χ1n) is 10.8. The Morgan fingerprint density at radius 2 is 1.88 bits per heavy atom. The fourth-order valence-electron chi connectivity index (χ4n) is 4.20. The molecule has 4 aromatic rings. The van der Waals surface area contributed by atoms with Crippen LogP contribution >= 0.6 is 11.3 Å². The van der Waals surface area contributed by atoms with Crippen molar-refractivity contribution in [2.45, 2.75) is 19.4 Å². The molecule has 32 heavy (non-hydrogen) atoms. The molecule has 3 heterocycles. The van der Waals surface area contributed by atoms with Gasteiger partial charge in [0.05, 0.1) is 11.4 Å². The average Bonchev–Trinajstić information content (AvgIpc) is 3.28. The van der Waals surface area contributed by atoms with Crippen LogP contribution in [-0.2, 0) is 11.3 Å². The van der Waals surface area contributed by atoms with E-state index in [1.807, 2.05) is 70.9 Å². The summed E-state index contributed by atoms with van der Waals surface area (Å²) in [7, 11) is 0. The van der Waals surface area contributed by atoms with E-state index in [9.17, 15) is 9.59 Å². The number of thiophene rings is 1. The molecule has 162 valence electrons. The lowest BCUT2D eigenvalue weighted by Gasteiger charge is -2.32. The number of carbonyl (C=O) groups excluding carboxylic acids is 1. The minimum absolute atomic E-state index is 0.0440. The number of nitrogens with zero attached hydrogens (tertiary/aromatic N) is 2. The van der Waals surface area contributed by atoms with Crippen LogP contribution in [0.1, 0.15) is 18.4 Å². The van der Waals surface area contributed by atoms with Gasteiger partial charge in [-0.15, -0.1) is 11.3 Å². The third-order valence-corrected chi connectivity index (χ3v) is 6.87. The van der Waals surface area contributed by atoms with Crippen molar-refractivity contribution in [1.29, 1.82) is 0 Å². The zero-order chi connectivity index (χ0) is 21.9. The molecule has 2 aromatic heterocycles. The number of amides is 1. The van der Waals surface area contributed by atoms with E-state index in [-0.39, 0.29) is 17.4 Å². The van der Waals surface area contributed by atoms with Gasteiger partial charge in [0, 0.05) is 30.6 Å². The molecule has 5 rings (SSSR count). The van der Waals surface area contributed by atoms with Crippen molar-refractivity contribution in [3.05, 3.63) is 82.0 Å². The van der Waals surface area contributed by atoms with Crippen molar-refractivity contribution in [3.63, 3.8) is 0 Å². The van der Waals surface area contributed by atoms with Crippen molar-refractivity contribution < 1.29 is 4.79 Å². The summed E-state index contributed by atoms with van der Waals surface area (Å²) in [5, 5.41) is 5.04. The Bertz CT molecular complexity index is 1280. The molecule has 1 aliphatic heterocycles. The molecule has 6 nitrogen and oxygen atoms in total. The molecule has 1 fully saturated rings. The zero-order valence-electron chi connectivity index (χ0n) is 17.6. The Morgan fingerprint density at radius 1 is 1.12 bits per heavy atom. The number of benzene rings is 2. The second-order valence-corrected chi connectivity index (χ2v) is 8.95. The first-order chi connectivity index (χ1) is 15.7. The second-order valence-electron chi connectivity index (χ2n) is 8.07.